The first-order valence-electron chi connectivity index (χ1n) is 8.06. The Morgan fingerprint density at radius 2 is 1.79 bits per heavy atom. The molecular weight excluding hydrogens is 320 g/mol. The third-order valence-corrected chi connectivity index (χ3v) is 3.65. The van der Waals surface area contributed by atoms with Gasteiger partial charge in [-0.3, -0.25) is 0 Å². The fourth-order valence-electron chi connectivity index (χ4n) is 2.26. The molecule has 0 aliphatic heterocycles. The molecule has 5 heteroatoms. The SMILES string of the molecule is CCOc1ccc(NC(=S)NCCOc2ccc(C)cc2C)cc1. The predicted molar refractivity (Wildman–Crippen MR) is 103 cm³/mol. The Morgan fingerprint density at radius 3 is 2.46 bits per heavy atom. The van der Waals surface area contributed by atoms with E-state index in [1.807, 2.05) is 50.2 Å². The smallest absolute Gasteiger partial charge is 0.170 e. The topological polar surface area (TPSA) is 42.5 Å². The van der Waals surface area contributed by atoms with Crippen LogP contribution in [0, 0.1) is 13.8 Å². The molecule has 0 atom stereocenters. The summed E-state index contributed by atoms with van der Waals surface area (Å²) in [6.45, 7) is 7.93. The summed E-state index contributed by atoms with van der Waals surface area (Å²) in [5, 5.41) is 6.85. The first-order chi connectivity index (χ1) is 11.6. The molecule has 4 nitrogen and oxygen atoms in total. The zero-order valence-electron chi connectivity index (χ0n) is 14.4. The fourth-order valence-corrected chi connectivity index (χ4v) is 2.48. The first-order valence-corrected chi connectivity index (χ1v) is 8.47. The van der Waals surface area contributed by atoms with Crippen LogP contribution in [0.2, 0.25) is 0 Å². The number of benzene rings is 2. The second kappa shape index (κ2) is 9.13. The number of ether oxygens (including phenoxy) is 2. The van der Waals surface area contributed by atoms with Gasteiger partial charge in [-0.1, -0.05) is 17.7 Å². The third kappa shape index (κ3) is 5.74. The summed E-state index contributed by atoms with van der Waals surface area (Å²) < 4.78 is 11.2. The highest BCUT2D eigenvalue weighted by molar-refractivity contribution is 7.80. The van der Waals surface area contributed by atoms with Gasteiger partial charge >= 0.3 is 0 Å². The molecule has 0 radical (unpaired) electrons. The van der Waals surface area contributed by atoms with Gasteiger partial charge in [0, 0.05) is 5.69 Å². The average molecular weight is 344 g/mol. The number of aryl methyl sites for hydroxylation is 2. The maximum absolute atomic E-state index is 5.77. The van der Waals surface area contributed by atoms with Gasteiger partial charge in [-0.2, -0.15) is 0 Å². The summed E-state index contributed by atoms with van der Waals surface area (Å²) in [5.41, 5.74) is 3.30. The molecule has 2 aromatic rings. The highest BCUT2D eigenvalue weighted by Gasteiger charge is 2.01. The van der Waals surface area contributed by atoms with Crippen LogP contribution >= 0.6 is 12.2 Å². The Bertz CT molecular complexity index is 672. The van der Waals surface area contributed by atoms with Gasteiger partial charge in [-0.05, 0) is 68.9 Å². The van der Waals surface area contributed by atoms with Gasteiger partial charge in [-0.25, -0.2) is 0 Å². The lowest BCUT2D eigenvalue weighted by atomic mass is 10.1. The Morgan fingerprint density at radius 1 is 1.04 bits per heavy atom. The maximum atomic E-state index is 5.77. The van der Waals surface area contributed by atoms with Crippen molar-refractivity contribution in [1.82, 2.24) is 5.32 Å². The number of hydrogen-bond donors (Lipinski definition) is 2. The number of rotatable bonds is 7. The average Bonchev–Trinajstić information content (AvgIpc) is 2.55. The van der Waals surface area contributed by atoms with Crippen molar-refractivity contribution in [2.24, 2.45) is 0 Å². The Kier molecular flexibility index (Phi) is 6.88. The van der Waals surface area contributed by atoms with Crippen LogP contribution in [0.5, 0.6) is 11.5 Å². The van der Waals surface area contributed by atoms with Crippen molar-refractivity contribution < 1.29 is 9.47 Å². The molecule has 0 bridgehead atoms. The van der Waals surface area contributed by atoms with Gasteiger partial charge in [0.15, 0.2) is 5.11 Å². The van der Waals surface area contributed by atoms with Gasteiger partial charge in [0.25, 0.3) is 0 Å². The number of anilines is 1. The van der Waals surface area contributed by atoms with E-state index in [1.54, 1.807) is 0 Å². The van der Waals surface area contributed by atoms with Crippen LogP contribution in [-0.2, 0) is 0 Å². The zero-order chi connectivity index (χ0) is 17.4. The molecule has 24 heavy (non-hydrogen) atoms. The normalized spacial score (nSPS) is 10.1. The van der Waals surface area contributed by atoms with E-state index in [2.05, 4.69) is 23.6 Å². The molecule has 0 amide bonds. The molecule has 0 heterocycles. The van der Waals surface area contributed by atoms with Crippen molar-refractivity contribution >= 4 is 23.0 Å². The van der Waals surface area contributed by atoms with E-state index >= 15 is 0 Å². The van der Waals surface area contributed by atoms with E-state index in [0.29, 0.717) is 24.9 Å². The molecule has 2 aromatic carbocycles. The molecule has 2 N–H and O–H groups in total. The molecule has 2 rings (SSSR count). The van der Waals surface area contributed by atoms with Crippen LogP contribution in [-0.4, -0.2) is 24.9 Å². The minimum absolute atomic E-state index is 0.551. The predicted octanol–water partition coefficient (Wildman–Crippen LogP) is 4.07. The largest absolute Gasteiger partial charge is 0.494 e. The third-order valence-electron chi connectivity index (χ3n) is 3.40. The zero-order valence-corrected chi connectivity index (χ0v) is 15.2. The van der Waals surface area contributed by atoms with E-state index in [0.717, 1.165) is 22.7 Å². The van der Waals surface area contributed by atoms with E-state index < -0.39 is 0 Å². The lowest BCUT2D eigenvalue weighted by molar-refractivity contribution is 0.320. The standard InChI is InChI=1S/C19H24N2O2S/c1-4-22-17-8-6-16(7-9-17)21-19(24)20-11-12-23-18-10-5-14(2)13-15(18)3/h5-10,13H,4,11-12H2,1-3H3,(H2,20,21,24). The summed E-state index contributed by atoms with van der Waals surface area (Å²) in [6, 6.07) is 13.9. The molecule has 0 spiro atoms. The summed E-state index contributed by atoms with van der Waals surface area (Å²) in [4.78, 5) is 0. The van der Waals surface area contributed by atoms with Crippen LogP contribution in [0.1, 0.15) is 18.1 Å². The van der Waals surface area contributed by atoms with Gasteiger partial charge in [0.05, 0.1) is 13.2 Å². The number of hydrogen-bond acceptors (Lipinski definition) is 3. The Balaban J connectivity index is 1.71. The van der Waals surface area contributed by atoms with Crippen molar-refractivity contribution in [2.45, 2.75) is 20.8 Å². The Labute approximate surface area is 149 Å². The minimum atomic E-state index is 0.551. The highest BCUT2D eigenvalue weighted by Crippen LogP contribution is 2.18. The molecule has 0 saturated heterocycles. The second-order valence-corrected chi connectivity index (χ2v) is 5.86. The molecule has 0 unspecified atom stereocenters. The molecule has 0 aliphatic rings. The van der Waals surface area contributed by atoms with E-state index in [4.69, 9.17) is 21.7 Å². The van der Waals surface area contributed by atoms with E-state index in [-0.39, 0.29) is 0 Å². The van der Waals surface area contributed by atoms with Gasteiger partial charge in [-0.15, -0.1) is 0 Å². The van der Waals surface area contributed by atoms with Gasteiger partial charge in [0.2, 0.25) is 0 Å². The number of thiocarbonyl (C=S) groups is 1. The fraction of sp³-hybridized carbons (Fsp3) is 0.316. The summed E-state index contributed by atoms with van der Waals surface area (Å²) in [5.74, 6) is 1.76. The van der Waals surface area contributed by atoms with Crippen molar-refractivity contribution in [3.63, 3.8) is 0 Å². The summed E-state index contributed by atoms with van der Waals surface area (Å²) >= 11 is 5.28. The van der Waals surface area contributed by atoms with Crippen molar-refractivity contribution in [3.8, 4) is 11.5 Å². The van der Waals surface area contributed by atoms with Crippen LogP contribution in [0.4, 0.5) is 5.69 Å². The quantitative estimate of drug-likeness (QED) is 0.585. The monoisotopic (exact) mass is 344 g/mol. The van der Waals surface area contributed by atoms with Crippen LogP contribution in [0.25, 0.3) is 0 Å². The molecule has 0 saturated carbocycles. The molecule has 128 valence electrons. The lowest BCUT2D eigenvalue weighted by Gasteiger charge is -2.13. The second-order valence-electron chi connectivity index (χ2n) is 5.46. The van der Waals surface area contributed by atoms with E-state index in [9.17, 15) is 0 Å². The lowest BCUT2D eigenvalue weighted by Crippen LogP contribution is -2.31. The van der Waals surface area contributed by atoms with Crippen molar-refractivity contribution in [1.29, 1.82) is 0 Å². The summed E-state index contributed by atoms with van der Waals surface area (Å²) in [7, 11) is 0. The van der Waals surface area contributed by atoms with Crippen LogP contribution in [0.15, 0.2) is 42.5 Å². The van der Waals surface area contributed by atoms with Crippen molar-refractivity contribution in [3.05, 3.63) is 53.6 Å². The highest BCUT2D eigenvalue weighted by atomic mass is 32.1. The summed E-state index contributed by atoms with van der Waals surface area (Å²) in [6.07, 6.45) is 0. The first kappa shape index (κ1) is 18.1. The van der Waals surface area contributed by atoms with Gasteiger partial charge in [0.1, 0.15) is 18.1 Å². The van der Waals surface area contributed by atoms with Crippen LogP contribution < -0.4 is 20.1 Å². The number of nitrogens with one attached hydrogen (secondary N) is 2. The molecule has 0 aromatic heterocycles. The van der Waals surface area contributed by atoms with Crippen LogP contribution in [0.3, 0.4) is 0 Å². The maximum Gasteiger partial charge on any atom is 0.170 e. The van der Waals surface area contributed by atoms with E-state index in [1.165, 1.54) is 5.56 Å². The molecule has 0 fully saturated rings. The minimum Gasteiger partial charge on any atom is -0.494 e. The molecular formula is C19H24N2O2S. The van der Waals surface area contributed by atoms with Crippen molar-refractivity contribution in [2.75, 3.05) is 25.1 Å². The molecule has 0 aliphatic carbocycles. The van der Waals surface area contributed by atoms with Gasteiger partial charge < -0.3 is 20.1 Å². The Hall–Kier alpha value is -2.27.